The van der Waals surface area contributed by atoms with Crippen LogP contribution in [0.25, 0.3) is 0 Å². The van der Waals surface area contributed by atoms with E-state index in [0.717, 1.165) is 37.4 Å². The number of pyridine rings is 1. The van der Waals surface area contributed by atoms with Crippen LogP contribution >= 0.6 is 0 Å². The van der Waals surface area contributed by atoms with Crippen molar-refractivity contribution in [1.29, 1.82) is 0 Å². The minimum atomic E-state index is 0.0246. The third-order valence-electron chi connectivity index (χ3n) is 4.36. The molecule has 1 aromatic heterocycles. The van der Waals surface area contributed by atoms with E-state index in [0.29, 0.717) is 6.42 Å². The summed E-state index contributed by atoms with van der Waals surface area (Å²) in [5, 5.41) is 3.14. The topological polar surface area (TPSA) is 45.2 Å². The number of rotatable bonds is 6. The number of carbonyl (C=O) groups excluding carboxylic acids is 1. The first-order valence-electron chi connectivity index (χ1n) is 8.64. The summed E-state index contributed by atoms with van der Waals surface area (Å²) in [7, 11) is 0. The van der Waals surface area contributed by atoms with Gasteiger partial charge in [-0.3, -0.25) is 9.78 Å². The quantitative estimate of drug-likeness (QED) is 0.877. The van der Waals surface area contributed by atoms with Crippen LogP contribution in [0, 0.1) is 6.92 Å². The molecule has 1 atom stereocenters. The lowest BCUT2D eigenvalue weighted by atomic mass is 10.1. The van der Waals surface area contributed by atoms with Crippen molar-refractivity contribution in [3.05, 3.63) is 29.6 Å². The van der Waals surface area contributed by atoms with Crippen molar-refractivity contribution in [3.8, 4) is 0 Å². The number of likely N-dealkylation sites (tertiary alicyclic amines) is 1. The van der Waals surface area contributed by atoms with Crippen molar-refractivity contribution < 1.29 is 4.79 Å². The molecule has 0 unspecified atom stereocenters. The molecule has 1 saturated heterocycles. The minimum Gasteiger partial charge on any atom is -0.348 e. The van der Waals surface area contributed by atoms with Gasteiger partial charge in [-0.25, -0.2) is 0 Å². The lowest BCUT2D eigenvalue weighted by Gasteiger charge is -2.21. The molecular formula is C18H29N3O. The van der Waals surface area contributed by atoms with Gasteiger partial charge < -0.3 is 10.2 Å². The number of amides is 1. The van der Waals surface area contributed by atoms with Crippen molar-refractivity contribution in [2.75, 3.05) is 19.6 Å². The number of aryl methyl sites for hydroxylation is 1. The summed E-state index contributed by atoms with van der Waals surface area (Å²) in [5.41, 5.74) is 1.96. The lowest BCUT2D eigenvalue weighted by molar-refractivity contribution is -0.122. The largest absolute Gasteiger partial charge is 0.348 e. The predicted octanol–water partition coefficient (Wildman–Crippen LogP) is 3.22. The molecule has 1 aliphatic heterocycles. The lowest BCUT2D eigenvalue weighted by Crippen LogP contribution is -2.33. The van der Waals surface area contributed by atoms with Crippen molar-refractivity contribution >= 4 is 5.91 Å². The summed E-state index contributed by atoms with van der Waals surface area (Å²) in [6.07, 6.45) is 6.66. The van der Waals surface area contributed by atoms with Crippen LogP contribution in [0.4, 0.5) is 0 Å². The zero-order valence-corrected chi connectivity index (χ0v) is 14.0. The van der Waals surface area contributed by atoms with Crippen molar-refractivity contribution in [1.82, 2.24) is 15.2 Å². The van der Waals surface area contributed by atoms with Gasteiger partial charge in [0.15, 0.2) is 0 Å². The maximum atomic E-state index is 12.2. The Balaban J connectivity index is 1.81. The molecule has 0 bridgehead atoms. The van der Waals surface area contributed by atoms with E-state index in [1.807, 2.05) is 25.1 Å². The van der Waals surface area contributed by atoms with E-state index in [4.69, 9.17) is 0 Å². The van der Waals surface area contributed by atoms with Crippen LogP contribution in [-0.4, -0.2) is 35.4 Å². The third-order valence-corrected chi connectivity index (χ3v) is 4.36. The van der Waals surface area contributed by atoms with Gasteiger partial charge >= 0.3 is 0 Å². The Labute approximate surface area is 134 Å². The first-order chi connectivity index (χ1) is 10.7. The van der Waals surface area contributed by atoms with Gasteiger partial charge in [0.05, 0.1) is 11.7 Å². The van der Waals surface area contributed by atoms with Gasteiger partial charge in [-0.1, -0.05) is 25.8 Å². The summed E-state index contributed by atoms with van der Waals surface area (Å²) in [4.78, 5) is 19.2. The van der Waals surface area contributed by atoms with Gasteiger partial charge in [0.1, 0.15) is 0 Å². The molecule has 2 heterocycles. The van der Waals surface area contributed by atoms with Crippen LogP contribution in [0.2, 0.25) is 0 Å². The number of hydrogen-bond donors (Lipinski definition) is 1. The van der Waals surface area contributed by atoms with Crippen LogP contribution in [0.5, 0.6) is 0 Å². The molecular weight excluding hydrogens is 274 g/mol. The predicted molar refractivity (Wildman–Crippen MR) is 89.7 cm³/mol. The zero-order valence-electron chi connectivity index (χ0n) is 14.0. The normalized spacial score (nSPS) is 17.7. The van der Waals surface area contributed by atoms with Crippen molar-refractivity contribution in [2.24, 2.45) is 0 Å². The van der Waals surface area contributed by atoms with Crippen LogP contribution in [0.1, 0.15) is 62.9 Å². The Hall–Kier alpha value is -1.42. The number of carbonyl (C=O) groups is 1. The van der Waals surface area contributed by atoms with Gasteiger partial charge in [0.2, 0.25) is 5.91 Å². The first kappa shape index (κ1) is 16.9. The zero-order chi connectivity index (χ0) is 15.8. The van der Waals surface area contributed by atoms with Crippen molar-refractivity contribution in [2.45, 2.75) is 58.4 Å². The Bertz CT molecular complexity index is 467. The highest BCUT2D eigenvalue weighted by Gasteiger charge is 2.15. The fourth-order valence-electron chi connectivity index (χ4n) is 3.03. The average Bonchev–Trinajstić information content (AvgIpc) is 2.79. The number of aromatic nitrogens is 1. The van der Waals surface area contributed by atoms with E-state index < -0.39 is 0 Å². The molecule has 1 aromatic rings. The van der Waals surface area contributed by atoms with E-state index in [1.165, 1.54) is 25.7 Å². The van der Waals surface area contributed by atoms with Gasteiger partial charge in [0, 0.05) is 18.7 Å². The molecule has 4 nitrogen and oxygen atoms in total. The molecule has 1 fully saturated rings. The first-order valence-corrected chi connectivity index (χ1v) is 8.64. The molecule has 2 rings (SSSR count). The standard InChI is InChI=1S/C18H29N3O/c1-3-16(17-10-8-9-15(2)19-17)20-18(22)11-14-21-12-6-4-5-7-13-21/h8-10,16H,3-7,11-14H2,1-2H3,(H,20,22)/t16-/m0/s1. The van der Waals surface area contributed by atoms with Gasteiger partial charge in [-0.2, -0.15) is 0 Å². The van der Waals surface area contributed by atoms with E-state index in [1.54, 1.807) is 0 Å². The van der Waals surface area contributed by atoms with Gasteiger partial charge in [0.25, 0.3) is 0 Å². The molecule has 0 saturated carbocycles. The van der Waals surface area contributed by atoms with E-state index >= 15 is 0 Å². The molecule has 0 spiro atoms. The second-order valence-corrected chi connectivity index (χ2v) is 6.24. The summed E-state index contributed by atoms with van der Waals surface area (Å²) in [6, 6.07) is 6.01. The summed E-state index contributed by atoms with van der Waals surface area (Å²) in [5.74, 6) is 0.138. The van der Waals surface area contributed by atoms with E-state index in [-0.39, 0.29) is 11.9 Å². The van der Waals surface area contributed by atoms with Crippen LogP contribution < -0.4 is 5.32 Å². The van der Waals surface area contributed by atoms with E-state index in [9.17, 15) is 4.79 Å². The highest BCUT2D eigenvalue weighted by Crippen LogP contribution is 2.15. The average molecular weight is 303 g/mol. The highest BCUT2D eigenvalue weighted by atomic mass is 16.1. The SMILES string of the molecule is CC[C@H](NC(=O)CCN1CCCCCC1)c1cccc(C)n1. The molecule has 1 N–H and O–H groups in total. The monoisotopic (exact) mass is 303 g/mol. The summed E-state index contributed by atoms with van der Waals surface area (Å²) < 4.78 is 0. The molecule has 4 heteroatoms. The summed E-state index contributed by atoms with van der Waals surface area (Å²) >= 11 is 0. The molecule has 22 heavy (non-hydrogen) atoms. The van der Waals surface area contributed by atoms with Gasteiger partial charge in [-0.15, -0.1) is 0 Å². The Morgan fingerprint density at radius 3 is 2.64 bits per heavy atom. The van der Waals surface area contributed by atoms with Crippen LogP contribution in [0.3, 0.4) is 0 Å². The molecule has 1 aliphatic rings. The number of nitrogens with zero attached hydrogens (tertiary/aromatic N) is 2. The maximum absolute atomic E-state index is 12.2. The fourth-order valence-corrected chi connectivity index (χ4v) is 3.03. The smallest absolute Gasteiger partial charge is 0.221 e. The van der Waals surface area contributed by atoms with E-state index in [2.05, 4.69) is 22.1 Å². The van der Waals surface area contributed by atoms with Crippen LogP contribution in [-0.2, 0) is 4.79 Å². The van der Waals surface area contributed by atoms with Crippen LogP contribution in [0.15, 0.2) is 18.2 Å². The Morgan fingerprint density at radius 1 is 1.27 bits per heavy atom. The highest BCUT2D eigenvalue weighted by molar-refractivity contribution is 5.76. The van der Waals surface area contributed by atoms with Crippen molar-refractivity contribution in [3.63, 3.8) is 0 Å². The second kappa shape index (κ2) is 8.89. The number of nitrogens with one attached hydrogen (secondary N) is 1. The van der Waals surface area contributed by atoms with Gasteiger partial charge in [-0.05, 0) is 51.4 Å². The molecule has 0 radical (unpaired) electrons. The molecule has 0 aliphatic carbocycles. The maximum Gasteiger partial charge on any atom is 0.221 e. The second-order valence-electron chi connectivity index (χ2n) is 6.24. The molecule has 0 aromatic carbocycles. The Morgan fingerprint density at radius 2 is 2.00 bits per heavy atom. The molecule has 122 valence electrons. The Kier molecular flexibility index (Phi) is 6.84. The summed E-state index contributed by atoms with van der Waals surface area (Å²) in [6.45, 7) is 7.23. The number of hydrogen-bond acceptors (Lipinski definition) is 3. The third kappa shape index (κ3) is 5.41. The molecule has 1 amide bonds. The minimum absolute atomic E-state index is 0.0246. The fraction of sp³-hybridized carbons (Fsp3) is 0.667.